The quantitative estimate of drug-likeness (QED) is 0.751. The first-order valence-corrected chi connectivity index (χ1v) is 6.86. The van der Waals surface area contributed by atoms with Crippen molar-refractivity contribution in [1.29, 1.82) is 0 Å². The number of benzene rings is 2. The predicted octanol–water partition coefficient (Wildman–Crippen LogP) is 4.80. The van der Waals surface area contributed by atoms with Gasteiger partial charge < -0.3 is 15.2 Å². The molecule has 0 radical (unpaired) electrons. The summed E-state index contributed by atoms with van der Waals surface area (Å²) in [6.07, 6.45) is -4.87. The normalized spacial score (nSPS) is 10.9. The Hall–Kier alpha value is -1.70. The molecule has 2 rings (SSSR count). The highest BCUT2D eigenvalue weighted by atomic mass is 35.5. The average Bonchev–Trinajstić information content (AvgIpc) is 2.45. The third-order valence-corrected chi connectivity index (χ3v) is 3.02. The van der Waals surface area contributed by atoms with Crippen LogP contribution in [0.3, 0.4) is 0 Å². The molecule has 0 amide bonds. The molecular formula is C15H13Cl2F4NO2. The number of nitrogens with two attached hydrogens (primary N) is 1. The molecule has 0 bridgehead atoms. The first-order chi connectivity index (χ1) is 10.8. The maximum absolute atomic E-state index is 13.9. The fraction of sp³-hybridized carbons (Fsp3) is 0.200. The molecule has 9 heteroatoms. The smallest absolute Gasteiger partial charge is 0.488 e. The number of rotatable bonds is 5. The molecule has 0 fully saturated rings. The van der Waals surface area contributed by atoms with E-state index in [2.05, 4.69) is 4.74 Å². The monoisotopic (exact) mass is 385 g/mol. The molecule has 0 atom stereocenters. The zero-order chi connectivity index (χ0) is 17.0. The van der Waals surface area contributed by atoms with Crippen molar-refractivity contribution in [2.24, 2.45) is 5.73 Å². The van der Waals surface area contributed by atoms with Gasteiger partial charge in [-0.05, 0) is 35.9 Å². The van der Waals surface area contributed by atoms with E-state index in [0.29, 0.717) is 5.56 Å². The van der Waals surface area contributed by atoms with Gasteiger partial charge in [0.05, 0.1) is 0 Å². The Bertz CT molecular complexity index is 696. The topological polar surface area (TPSA) is 44.5 Å². The SMILES string of the molecule is Cl.NCCOc1cc(-c2ccc(Cl)cc2F)ccc1OC(F)(F)F. The maximum Gasteiger partial charge on any atom is 0.573 e. The molecule has 24 heavy (non-hydrogen) atoms. The largest absolute Gasteiger partial charge is 0.573 e. The van der Waals surface area contributed by atoms with Gasteiger partial charge >= 0.3 is 6.36 Å². The molecule has 2 aromatic rings. The molecule has 0 aliphatic rings. The molecule has 132 valence electrons. The lowest BCUT2D eigenvalue weighted by Gasteiger charge is -2.15. The molecule has 2 aromatic carbocycles. The lowest BCUT2D eigenvalue weighted by Crippen LogP contribution is -2.18. The highest BCUT2D eigenvalue weighted by molar-refractivity contribution is 6.30. The van der Waals surface area contributed by atoms with Crippen molar-refractivity contribution in [2.75, 3.05) is 13.2 Å². The van der Waals surface area contributed by atoms with Crippen molar-refractivity contribution < 1.29 is 27.0 Å². The van der Waals surface area contributed by atoms with Crippen LogP contribution in [-0.2, 0) is 0 Å². The summed E-state index contributed by atoms with van der Waals surface area (Å²) in [5.74, 6) is -1.31. The molecule has 0 aliphatic heterocycles. The molecule has 2 N–H and O–H groups in total. The van der Waals surface area contributed by atoms with Gasteiger partial charge in [0.1, 0.15) is 12.4 Å². The fourth-order valence-electron chi connectivity index (χ4n) is 1.89. The Morgan fingerprint density at radius 2 is 1.75 bits per heavy atom. The van der Waals surface area contributed by atoms with Crippen LogP contribution in [0.5, 0.6) is 11.5 Å². The number of ether oxygens (including phenoxy) is 2. The summed E-state index contributed by atoms with van der Waals surface area (Å²) >= 11 is 5.68. The van der Waals surface area contributed by atoms with Gasteiger partial charge in [0.15, 0.2) is 11.5 Å². The Morgan fingerprint density at radius 1 is 1.04 bits per heavy atom. The van der Waals surface area contributed by atoms with E-state index in [1.807, 2.05) is 0 Å². The molecule has 3 nitrogen and oxygen atoms in total. The lowest BCUT2D eigenvalue weighted by molar-refractivity contribution is -0.275. The number of halogens is 6. The maximum atomic E-state index is 13.9. The van der Waals surface area contributed by atoms with Crippen LogP contribution in [0.1, 0.15) is 0 Å². The van der Waals surface area contributed by atoms with Gasteiger partial charge in [-0.3, -0.25) is 0 Å². The third kappa shape index (κ3) is 5.43. The van der Waals surface area contributed by atoms with Crippen molar-refractivity contribution >= 4 is 24.0 Å². The number of hydrogen-bond acceptors (Lipinski definition) is 3. The van der Waals surface area contributed by atoms with Crippen molar-refractivity contribution in [1.82, 2.24) is 0 Å². The molecule has 0 saturated heterocycles. The second-order valence-electron chi connectivity index (χ2n) is 4.47. The zero-order valence-electron chi connectivity index (χ0n) is 12.1. The van der Waals surface area contributed by atoms with Gasteiger partial charge in [-0.25, -0.2) is 4.39 Å². The second-order valence-corrected chi connectivity index (χ2v) is 4.91. The van der Waals surface area contributed by atoms with E-state index in [1.54, 1.807) is 0 Å². The minimum absolute atomic E-state index is 0. The zero-order valence-corrected chi connectivity index (χ0v) is 13.6. The Kier molecular flexibility index (Phi) is 7.13. The van der Waals surface area contributed by atoms with Gasteiger partial charge in [-0.2, -0.15) is 0 Å². The number of alkyl halides is 3. The van der Waals surface area contributed by atoms with E-state index in [-0.39, 0.29) is 41.9 Å². The summed E-state index contributed by atoms with van der Waals surface area (Å²) < 4.78 is 60.2. The van der Waals surface area contributed by atoms with Crippen molar-refractivity contribution in [3.63, 3.8) is 0 Å². The summed E-state index contributed by atoms with van der Waals surface area (Å²) in [5.41, 5.74) is 5.77. The van der Waals surface area contributed by atoms with Gasteiger partial charge in [0.2, 0.25) is 0 Å². The first-order valence-electron chi connectivity index (χ1n) is 6.48. The Balaban J connectivity index is 0.00000288. The minimum atomic E-state index is -4.87. The number of hydrogen-bond donors (Lipinski definition) is 1. The van der Waals surface area contributed by atoms with Gasteiger partial charge in [-0.15, -0.1) is 25.6 Å². The summed E-state index contributed by atoms with van der Waals surface area (Å²) in [6.45, 7) is 0.0890. The van der Waals surface area contributed by atoms with Crippen LogP contribution in [0, 0.1) is 5.82 Å². The predicted molar refractivity (Wildman–Crippen MR) is 85.3 cm³/mol. The van der Waals surface area contributed by atoms with Crippen molar-refractivity contribution in [2.45, 2.75) is 6.36 Å². The minimum Gasteiger partial charge on any atom is -0.488 e. The van der Waals surface area contributed by atoms with E-state index < -0.39 is 17.9 Å². The fourth-order valence-corrected chi connectivity index (χ4v) is 2.05. The molecule has 0 saturated carbocycles. The summed E-state index contributed by atoms with van der Waals surface area (Å²) in [4.78, 5) is 0. The van der Waals surface area contributed by atoms with E-state index in [4.69, 9.17) is 22.1 Å². The van der Waals surface area contributed by atoms with Crippen LogP contribution in [-0.4, -0.2) is 19.5 Å². The molecule has 0 aliphatic carbocycles. The first kappa shape index (κ1) is 20.3. The third-order valence-electron chi connectivity index (χ3n) is 2.79. The molecule has 0 spiro atoms. The van der Waals surface area contributed by atoms with E-state index in [9.17, 15) is 17.6 Å². The van der Waals surface area contributed by atoms with E-state index >= 15 is 0 Å². The Morgan fingerprint density at radius 3 is 2.33 bits per heavy atom. The van der Waals surface area contributed by atoms with Crippen LogP contribution >= 0.6 is 24.0 Å². The van der Waals surface area contributed by atoms with Crippen LogP contribution in [0.4, 0.5) is 17.6 Å². The second kappa shape index (κ2) is 8.41. The van der Waals surface area contributed by atoms with Gasteiger partial charge in [0.25, 0.3) is 0 Å². The standard InChI is InChI=1S/C15H12ClF4NO2.ClH/c16-10-2-3-11(12(17)8-10)9-1-4-13(23-15(18,19)20)14(7-9)22-6-5-21;/h1-4,7-8H,5-6,21H2;1H. The van der Waals surface area contributed by atoms with E-state index in [1.165, 1.54) is 24.3 Å². The highest BCUT2D eigenvalue weighted by Crippen LogP contribution is 2.37. The van der Waals surface area contributed by atoms with Gasteiger partial charge in [0, 0.05) is 17.1 Å². The van der Waals surface area contributed by atoms with Crippen molar-refractivity contribution in [3.05, 3.63) is 47.2 Å². The average molecular weight is 386 g/mol. The van der Waals surface area contributed by atoms with Crippen LogP contribution in [0.2, 0.25) is 5.02 Å². The van der Waals surface area contributed by atoms with Crippen LogP contribution in [0.15, 0.2) is 36.4 Å². The molecular weight excluding hydrogens is 373 g/mol. The van der Waals surface area contributed by atoms with Crippen molar-refractivity contribution in [3.8, 4) is 22.6 Å². The molecule has 0 aromatic heterocycles. The molecule has 0 unspecified atom stereocenters. The highest BCUT2D eigenvalue weighted by Gasteiger charge is 2.32. The van der Waals surface area contributed by atoms with Crippen LogP contribution < -0.4 is 15.2 Å². The summed E-state index contributed by atoms with van der Waals surface area (Å²) in [5, 5.41) is 0.211. The summed E-state index contributed by atoms with van der Waals surface area (Å²) in [7, 11) is 0. The van der Waals surface area contributed by atoms with Crippen LogP contribution in [0.25, 0.3) is 11.1 Å². The van der Waals surface area contributed by atoms with E-state index in [0.717, 1.165) is 12.1 Å². The lowest BCUT2D eigenvalue weighted by atomic mass is 10.0. The summed E-state index contributed by atoms with van der Waals surface area (Å²) in [6, 6.07) is 7.61. The Labute approximate surface area is 146 Å². The van der Waals surface area contributed by atoms with Gasteiger partial charge in [-0.1, -0.05) is 17.7 Å². The molecule has 0 heterocycles.